The number of thioether (sulfide) groups is 1. The van der Waals surface area contributed by atoms with Crippen LogP contribution in [0.25, 0.3) is 11.4 Å². The maximum absolute atomic E-state index is 12.4. The first kappa shape index (κ1) is 19.9. The van der Waals surface area contributed by atoms with Crippen molar-refractivity contribution in [3.8, 4) is 17.1 Å². The summed E-state index contributed by atoms with van der Waals surface area (Å²) in [6, 6.07) is 15.8. The lowest BCUT2D eigenvalue weighted by Crippen LogP contribution is -2.28. The van der Waals surface area contributed by atoms with E-state index in [4.69, 9.17) is 9.26 Å². The van der Waals surface area contributed by atoms with E-state index in [1.165, 1.54) is 11.1 Å². The van der Waals surface area contributed by atoms with E-state index in [1.54, 1.807) is 30.8 Å². The molecule has 0 radical (unpaired) electrons. The van der Waals surface area contributed by atoms with E-state index < -0.39 is 0 Å². The predicted molar refractivity (Wildman–Crippen MR) is 110 cm³/mol. The Balaban J connectivity index is 1.52. The van der Waals surface area contributed by atoms with Crippen molar-refractivity contribution in [3.63, 3.8) is 0 Å². The molecule has 28 heavy (non-hydrogen) atoms. The number of methoxy groups -OCH3 is 1. The summed E-state index contributed by atoms with van der Waals surface area (Å²) in [6.07, 6.45) is 0. The van der Waals surface area contributed by atoms with Crippen LogP contribution in [0.15, 0.2) is 53.1 Å². The molecule has 146 valence electrons. The lowest BCUT2D eigenvalue weighted by Gasteiger charge is -2.14. The van der Waals surface area contributed by atoms with E-state index >= 15 is 0 Å². The van der Waals surface area contributed by atoms with Crippen molar-refractivity contribution in [2.24, 2.45) is 0 Å². The van der Waals surface area contributed by atoms with Gasteiger partial charge in [-0.2, -0.15) is 4.98 Å². The van der Waals surface area contributed by atoms with Gasteiger partial charge in [0.05, 0.1) is 19.4 Å². The number of ether oxygens (including phenoxy) is 1. The van der Waals surface area contributed by atoms with E-state index in [2.05, 4.69) is 35.3 Å². The molecule has 0 bridgehead atoms. The number of carbonyl (C=O) groups excluding carboxylic acids is 1. The largest absolute Gasteiger partial charge is 0.497 e. The number of aryl methyl sites for hydroxylation is 1. The highest BCUT2D eigenvalue weighted by Crippen LogP contribution is 2.21. The molecule has 0 saturated carbocycles. The van der Waals surface area contributed by atoms with Gasteiger partial charge < -0.3 is 14.2 Å². The Morgan fingerprint density at radius 3 is 2.82 bits per heavy atom. The molecule has 0 unspecified atom stereocenters. The number of benzene rings is 2. The van der Waals surface area contributed by atoms with E-state index in [9.17, 15) is 4.79 Å². The summed E-state index contributed by atoms with van der Waals surface area (Å²) < 4.78 is 10.5. The fourth-order valence-electron chi connectivity index (χ4n) is 2.66. The monoisotopic (exact) mass is 397 g/mol. The van der Waals surface area contributed by atoms with Gasteiger partial charge in [0.1, 0.15) is 5.75 Å². The standard InChI is InChI=1S/C21H23N3O3S/c1-15-6-4-7-16(10-15)13-28-14-20(25)24(2)12-19-22-21(23-27-19)17-8-5-9-18(11-17)26-3/h4-11H,12-14H2,1-3H3. The Labute approximate surface area is 168 Å². The van der Waals surface area contributed by atoms with Gasteiger partial charge in [-0.1, -0.05) is 47.1 Å². The second-order valence-corrected chi connectivity index (χ2v) is 7.46. The van der Waals surface area contributed by atoms with Gasteiger partial charge in [0.15, 0.2) is 0 Å². The Morgan fingerprint density at radius 2 is 2.04 bits per heavy atom. The summed E-state index contributed by atoms with van der Waals surface area (Å²) in [4.78, 5) is 18.3. The van der Waals surface area contributed by atoms with E-state index in [1.807, 2.05) is 30.3 Å². The molecule has 6 nitrogen and oxygen atoms in total. The van der Waals surface area contributed by atoms with Crippen LogP contribution in [0.1, 0.15) is 17.0 Å². The second kappa shape index (κ2) is 9.41. The lowest BCUT2D eigenvalue weighted by atomic mass is 10.2. The minimum absolute atomic E-state index is 0.0267. The molecule has 0 aliphatic rings. The van der Waals surface area contributed by atoms with Crippen molar-refractivity contribution in [3.05, 3.63) is 65.5 Å². The highest BCUT2D eigenvalue weighted by Gasteiger charge is 2.15. The smallest absolute Gasteiger partial charge is 0.246 e. The molecule has 0 atom stereocenters. The van der Waals surface area contributed by atoms with E-state index in [-0.39, 0.29) is 12.5 Å². The highest BCUT2D eigenvalue weighted by atomic mass is 32.2. The summed E-state index contributed by atoms with van der Waals surface area (Å²) in [7, 11) is 3.35. The van der Waals surface area contributed by atoms with Gasteiger partial charge in [-0.3, -0.25) is 4.79 Å². The molecular weight excluding hydrogens is 374 g/mol. The average Bonchev–Trinajstić information content (AvgIpc) is 3.16. The third-order valence-corrected chi connectivity index (χ3v) is 5.16. The summed E-state index contributed by atoms with van der Waals surface area (Å²) >= 11 is 1.60. The van der Waals surface area contributed by atoms with Crippen molar-refractivity contribution in [2.45, 2.75) is 19.2 Å². The van der Waals surface area contributed by atoms with Crippen LogP contribution in [0.5, 0.6) is 5.75 Å². The maximum atomic E-state index is 12.4. The van der Waals surface area contributed by atoms with Gasteiger partial charge in [0, 0.05) is 18.4 Å². The zero-order valence-corrected chi connectivity index (χ0v) is 17.0. The molecule has 1 amide bonds. The fraction of sp³-hybridized carbons (Fsp3) is 0.286. The number of carbonyl (C=O) groups is 1. The first-order valence-electron chi connectivity index (χ1n) is 8.89. The quantitative estimate of drug-likeness (QED) is 0.573. The molecule has 0 N–H and O–H groups in total. The van der Waals surface area contributed by atoms with Gasteiger partial charge >= 0.3 is 0 Å². The molecule has 0 saturated heterocycles. The molecule has 0 aliphatic carbocycles. The third-order valence-electron chi connectivity index (χ3n) is 4.17. The summed E-state index contributed by atoms with van der Waals surface area (Å²) in [5.74, 6) is 2.84. The van der Waals surface area contributed by atoms with Crippen LogP contribution >= 0.6 is 11.8 Å². The molecule has 1 heterocycles. The van der Waals surface area contributed by atoms with Crippen LogP contribution in [0.2, 0.25) is 0 Å². The molecular formula is C21H23N3O3S. The number of aromatic nitrogens is 2. The van der Waals surface area contributed by atoms with E-state index in [0.717, 1.165) is 17.1 Å². The first-order chi connectivity index (χ1) is 13.5. The molecule has 0 fully saturated rings. The molecule has 3 aromatic rings. The molecule has 1 aromatic heterocycles. The molecule has 3 rings (SSSR count). The Kier molecular flexibility index (Phi) is 6.71. The predicted octanol–water partition coefficient (Wildman–Crippen LogP) is 3.95. The Morgan fingerprint density at radius 1 is 1.21 bits per heavy atom. The third kappa shape index (κ3) is 5.36. The Hall–Kier alpha value is -2.80. The van der Waals surface area contributed by atoms with Crippen molar-refractivity contribution < 1.29 is 14.1 Å². The van der Waals surface area contributed by atoms with Crippen LogP contribution in [0.3, 0.4) is 0 Å². The number of rotatable bonds is 8. The second-order valence-electron chi connectivity index (χ2n) is 6.48. The van der Waals surface area contributed by atoms with E-state index in [0.29, 0.717) is 17.5 Å². The van der Waals surface area contributed by atoms with Crippen molar-refractivity contribution >= 4 is 17.7 Å². The van der Waals surface area contributed by atoms with Gasteiger partial charge in [-0.25, -0.2) is 0 Å². The van der Waals surface area contributed by atoms with Crippen molar-refractivity contribution in [2.75, 3.05) is 19.9 Å². The maximum Gasteiger partial charge on any atom is 0.246 e. The summed E-state index contributed by atoms with van der Waals surface area (Å²) in [5, 5.41) is 4.00. The van der Waals surface area contributed by atoms with Crippen molar-refractivity contribution in [1.82, 2.24) is 15.0 Å². The molecule has 0 aliphatic heterocycles. The average molecular weight is 398 g/mol. The van der Waals surface area contributed by atoms with Gasteiger partial charge in [0.25, 0.3) is 0 Å². The minimum atomic E-state index is 0.0267. The van der Waals surface area contributed by atoms with Crippen molar-refractivity contribution in [1.29, 1.82) is 0 Å². The highest BCUT2D eigenvalue weighted by molar-refractivity contribution is 7.99. The minimum Gasteiger partial charge on any atom is -0.497 e. The van der Waals surface area contributed by atoms with Crippen LogP contribution in [-0.2, 0) is 17.1 Å². The fourth-order valence-corrected chi connectivity index (χ4v) is 3.57. The zero-order chi connectivity index (χ0) is 19.9. The topological polar surface area (TPSA) is 68.5 Å². The van der Waals surface area contributed by atoms with Gasteiger partial charge in [-0.15, -0.1) is 11.8 Å². The Bertz CT molecular complexity index is 942. The van der Waals surface area contributed by atoms with Gasteiger partial charge in [-0.05, 0) is 24.6 Å². The zero-order valence-electron chi connectivity index (χ0n) is 16.2. The SMILES string of the molecule is COc1cccc(-c2noc(CN(C)C(=O)CSCc3cccc(C)c3)n2)c1. The normalized spacial score (nSPS) is 10.7. The lowest BCUT2D eigenvalue weighted by molar-refractivity contribution is -0.127. The van der Waals surface area contributed by atoms with Gasteiger partial charge in [0.2, 0.25) is 17.6 Å². The molecule has 7 heteroatoms. The van der Waals surface area contributed by atoms with Crippen LogP contribution in [0.4, 0.5) is 0 Å². The summed E-state index contributed by atoms with van der Waals surface area (Å²) in [5.41, 5.74) is 3.25. The molecule has 0 spiro atoms. The van der Waals surface area contributed by atoms with Crippen LogP contribution in [0, 0.1) is 6.92 Å². The molecule has 2 aromatic carbocycles. The number of amides is 1. The number of nitrogens with zero attached hydrogens (tertiary/aromatic N) is 3. The summed E-state index contributed by atoms with van der Waals surface area (Å²) in [6.45, 7) is 2.35. The van der Waals surface area contributed by atoms with Crippen LogP contribution < -0.4 is 4.74 Å². The number of hydrogen-bond acceptors (Lipinski definition) is 6. The first-order valence-corrected chi connectivity index (χ1v) is 10.0. The van der Waals surface area contributed by atoms with Crippen LogP contribution in [-0.4, -0.2) is 40.9 Å². The number of hydrogen-bond donors (Lipinski definition) is 0.